The second-order valence-corrected chi connectivity index (χ2v) is 4.02. The maximum atomic E-state index is 12.4. The Kier molecular flexibility index (Phi) is 5.36. The topological polar surface area (TPSA) is 54.2 Å². The summed E-state index contributed by atoms with van der Waals surface area (Å²) in [5, 5.41) is 0. The third-order valence-corrected chi connectivity index (χ3v) is 2.32. The van der Waals surface area contributed by atoms with Crippen molar-refractivity contribution in [1.82, 2.24) is 9.88 Å². The summed E-state index contributed by atoms with van der Waals surface area (Å²) in [6, 6.07) is 3.34. The van der Waals surface area contributed by atoms with Gasteiger partial charge >= 0.3 is 6.18 Å². The SMILES string of the molecule is CCCN(Cc1ccc(NN)nc1)CC(F)(F)F. The lowest BCUT2D eigenvalue weighted by Gasteiger charge is -2.22. The maximum Gasteiger partial charge on any atom is 0.401 e. The first-order valence-electron chi connectivity index (χ1n) is 5.65. The highest BCUT2D eigenvalue weighted by atomic mass is 19.4. The molecule has 0 amide bonds. The monoisotopic (exact) mass is 262 g/mol. The molecule has 1 heterocycles. The van der Waals surface area contributed by atoms with E-state index in [1.807, 2.05) is 6.92 Å². The van der Waals surface area contributed by atoms with E-state index in [2.05, 4.69) is 10.4 Å². The van der Waals surface area contributed by atoms with Gasteiger partial charge in [0.2, 0.25) is 0 Å². The molecule has 0 fully saturated rings. The molecule has 0 saturated carbocycles. The number of nitrogens with two attached hydrogens (primary N) is 1. The number of hydrogen-bond acceptors (Lipinski definition) is 4. The van der Waals surface area contributed by atoms with Gasteiger partial charge in [-0.15, -0.1) is 0 Å². The van der Waals surface area contributed by atoms with Gasteiger partial charge in [-0.3, -0.25) is 4.90 Å². The number of rotatable bonds is 6. The normalized spacial score (nSPS) is 11.9. The van der Waals surface area contributed by atoms with Crippen molar-refractivity contribution in [3.63, 3.8) is 0 Å². The summed E-state index contributed by atoms with van der Waals surface area (Å²) in [4.78, 5) is 5.32. The summed E-state index contributed by atoms with van der Waals surface area (Å²) in [5.74, 6) is 5.64. The van der Waals surface area contributed by atoms with Crippen LogP contribution < -0.4 is 11.3 Å². The van der Waals surface area contributed by atoms with Crippen LogP contribution in [0.15, 0.2) is 18.3 Å². The summed E-state index contributed by atoms with van der Waals surface area (Å²) >= 11 is 0. The number of pyridine rings is 1. The second kappa shape index (κ2) is 6.55. The highest BCUT2D eigenvalue weighted by Crippen LogP contribution is 2.18. The van der Waals surface area contributed by atoms with Crippen molar-refractivity contribution in [2.75, 3.05) is 18.5 Å². The van der Waals surface area contributed by atoms with E-state index >= 15 is 0 Å². The van der Waals surface area contributed by atoms with Gasteiger partial charge in [0.05, 0.1) is 6.54 Å². The van der Waals surface area contributed by atoms with Crippen LogP contribution in [0.3, 0.4) is 0 Å². The van der Waals surface area contributed by atoms with Crippen LogP contribution in [0.4, 0.5) is 19.0 Å². The summed E-state index contributed by atoms with van der Waals surface area (Å²) in [6.07, 6.45) is -1.98. The molecular formula is C11H17F3N4. The number of nitrogens with zero attached hydrogens (tertiary/aromatic N) is 2. The molecule has 7 heteroatoms. The van der Waals surface area contributed by atoms with Crippen LogP contribution >= 0.6 is 0 Å². The van der Waals surface area contributed by atoms with E-state index in [9.17, 15) is 13.2 Å². The van der Waals surface area contributed by atoms with E-state index in [4.69, 9.17) is 5.84 Å². The lowest BCUT2D eigenvalue weighted by Crippen LogP contribution is -2.34. The molecule has 0 aliphatic carbocycles. The number of halogens is 3. The minimum atomic E-state index is -4.18. The number of nitrogen functional groups attached to an aromatic ring is 1. The molecule has 0 aromatic carbocycles. The number of nitrogens with one attached hydrogen (secondary N) is 1. The molecule has 0 unspecified atom stereocenters. The molecule has 0 aliphatic heterocycles. The second-order valence-electron chi connectivity index (χ2n) is 4.02. The smallest absolute Gasteiger partial charge is 0.308 e. The van der Waals surface area contributed by atoms with Crippen LogP contribution in [0.5, 0.6) is 0 Å². The zero-order chi connectivity index (χ0) is 13.6. The summed E-state index contributed by atoms with van der Waals surface area (Å²) < 4.78 is 37.1. The fourth-order valence-electron chi connectivity index (χ4n) is 1.65. The Morgan fingerprint density at radius 3 is 2.56 bits per heavy atom. The first-order chi connectivity index (χ1) is 8.44. The minimum Gasteiger partial charge on any atom is -0.308 e. The largest absolute Gasteiger partial charge is 0.401 e. The molecular weight excluding hydrogens is 245 g/mol. The molecule has 1 aromatic rings. The van der Waals surface area contributed by atoms with Crippen LogP contribution in [-0.2, 0) is 6.54 Å². The summed E-state index contributed by atoms with van der Waals surface area (Å²) in [5.41, 5.74) is 3.09. The molecule has 0 aliphatic rings. The Hall–Kier alpha value is -1.34. The quantitative estimate of drug-likeness (QED) is 0.609. The van der Waals surface area contributed by atoms with Crippen molar-refractivity contribution < 1.29 is 13.2 Å². The highest BCUT2D eigenvalue weighted by Gasteiger charge is 2.30. The first-order valence-corrected chi connectivity index (χ1v) is 5.65. The first kappa shape index (κ1) is 14.7. The van der Waals surface area contributed by atoms with E-state index in [-0.39, 0.29) is 6.54 Å². The molecule has 1 aromatic heterocycles. The molecule has 0 atom stereocenters. The molecule has 18 heavy (non-hydrogen) atoms. The molecule has 0 radical (unpaired) electrons. The molecule has 0 bridgehead atoms. The van der Waals surface area contributed by atoms with Crippen LogP contribution in [0.25, 0.3) is 0 Å². The molecule has 0 spiro atoms. The van der Waals surface area contributed by atoms with Gasteiger partial charge in [0.1, 0.15) is 5.82 Å². The average molecular weight is 262 g/mol. The predicted molar refractivity (Wildman–Crippen MR) is 63.7 cm³/mol. The molecule has 1 rings (SSSR count). The van der Waals surface area contributed by atoms with Gasteiger partial charge in [0.25, 0.3) is 0 Å². The Morgan fingerprint density at radius 2 is 2.11 bits per heavy atom. The number of aromatic nitrogens is 1. The Balaban J connectivity index is 2.64. The lowest BCUT2D eigenvalue weighted by atomic mass is 10.2. The lowest BCUT2D eigenvalue weighted by molar-refractivity contribution is -0.147. The number of anilines is 1. The number of hydrogen-bond donors (Lipinski definition) is 2. The Morgan fingerprint density at radius 1 is 1.39 bits per heavy atom. The van der Waals surface area contributed by atoms with Crippen molar-refractivity contribution in [3.8, 4) is 0 Å². The zero-order valence-electron chi connectivity index (χ0n) is 10.2. The van der Waals surface area contributed by atoms with Crippen molar-refractivity contribution in [2.45, 2.75) is 26.1 Å². The fraction of sp³-hybridized carbons (Fsp3) is 0.545. The van der Waals surface area contributed by atoms with Gasteiger partial charge in [-0.25, -0.2) is 10.8 Å². The molecule has 4 nitrogen and oxygen atoms in total. The third-order valence-electron chi connectivity index (χ3n) is 2.32. The number of alkyl halides is 3. The maximum absolute atomic E-state index is 12.4. The van der Waals surface area contributed by atoms with Crippen molar-refractivity contribution in [2.24, 2.45) is 5.84 Å². The van der Waals surface area contributed by atoms with Crippen LogP contribution in [0.1, 0.15) is 18.9 Å². The van der Waals surface area contributed by atoms with Crippen LogP contribution in [0, 0.1) is 0 Å². The van der Waals surface area contributed by atoms with Gasteiger partial charge in [-0.1, -0.05) is 13.0 Å². The summed E-state index contributed by atoms with van der Waals surface area (Å²) in [7, 11) is 0. The summed E-state index contributed by atoms with van der Waals surface area (Å²) in [6.45, 7) is 1.57. The van der Waals surface area contributed by atoms with Gasteiger partial charge < -0.3 is 5.43 Å². The highest BCUT2D eigenvalue weighted by molar-refractivity contribution is 5.33. The zero-order valence-corrected chi connectivity index (χ0v) is 10.2. The minimum absolute atomic E-state index is 0.227. The van der Waals surface area contributed by atoms with E-state index in [1.165, 1.54) is 11.1 Å². The van der Waals surface area contributed by atoms with Crippen molar-refractivity contribution in [1.29, 1.82) is 0 Å². The van der Waals surface area contributed by atoms with E-state index in [0.29, 0.717) is 18.8 Å². The van der Waals surface area contributed by atoms with E-state index < -0.39 is 12.7 Å². The van der Waals surface area contributed by atoms with Gasteiger partial charge in [0.15, 0.2) is 0 Å². The standard InChI is InChI=1S/C11H17F3N4/c1-2-5-18(8-11(12,13)14)7-9-3-4-10(17-15)16-6-9/h3-4,6H,2,5,7-8,15H2,1H3,(H,16,17). The van der Waals surface area contributed by atoms with Gasteiger partial charge in [-0.2, -0.15) is 13.2 Å². The van der Waals surface area contributed by atoms with Crippen LogP contribution in [0.2, 0.25) is 0 Å². The molecule has 0 saturated heterocycles. The van der Waals surface area contributed by atoms with Crippen molar-refractivity contribution >= 4 is 5.82 Å². The van der Waals surface area contributed by atoms with E-state index in [0.717, 1.165) is 5.56 Å². The van der Waals surface area contributed by atoms with Crippen molar-refractivity contribution in [3.05, 3.63) is 23.9 Å². The Labute approximate surface area is 104 Å². The van der Waals surface area contributed by atoms with Gasteiger partial charge in [-0.05, 0) is 24.6 Å². The average Bonchev–Trinajstić information content (AvgIpc) is 2.28. The van der Waals surface area contributed by atoms with Gasteiger partial charge in [0, 0.05) is 12.7 Å². The Bertz CT molecular complexity index is 350. The molecule has 102 valence electrons. The van der Waals surface area contributed by atoms with E-state index in [1.54, 1.807) is 12.1 Å². The van der Waals surface area contributed by atoms with Crippen LogP contribution in [-0.4, -0.2) is 29.1 Å². The fourth-order valence-corrected chi connectivity index (χ4v) is 1.65. The molecule has 3 N–H and O–H groups in total. The third kappa shape index (κ3) is 5.33. The predicted octanol–water partition coefficient (Wildman–Crippen LogP) is 2.14. The number of hydrazine groups is 1.